The quantitative estimate of drug-likeness (QED) is 0.834. The van der Waals surface area contributed by atoms with Gasteiger partial charge in [0.15, 0.2) is 14.6 Å². The second kappa shape index (κ2) is 5.72. The molecule has 3 rings (SSSR count). The first-order valence-electron chi connectivity index (χ1n) is 7.60. The van der Waals surface area contributed by atoms with Crippen LogP contribution in [0.25, 0.3) is 11.4 Å². The van der Waals surface area contributed by atoms with Crippen molar-refractivity contribution in [1.29, 1.82) is 0 Å². The maximum atomic E-state index is 12.1. The van der Waals surface area contributed by atoms with Gasteiger partial charge < -0.3 is 9.42 Å². The van der Waals surface area contributed by atoms with E-state index in [9.17, 15) is 8.42 Å². The van der Waals surface area contributed by atoms with Gasteiger partial charge in [0, 0.05) is 18.4 Å². The normalized spacial score (nSPS) is 17.2. The van der Waals surface area contributed by atoms with Gasteiger partial charge in [0.1, 0.15) is 0 Å². The number of rotatable bonds is 5. The maximum absolute atomic E-state index is 12.1. The number of hydrogen-bond donors (Lipinski definition) is 0. The number of nitrogens with zero attached hydrogens (tertiary/aromatic N) is 3. The topological polar surface area (TPSA) is 76.3 Å². The second-order valence-corrected chi connectivity index (χ2v) is 8.80. The van der Waals surface area contributed by atoms with E-state index in [-0.39, 0.29) is 5.89 Å². The van der Waals surface area contributed by atoms with E-state index in [1.165, 1.54) is 11.8 Å². The van der Waals surface area contributed by atoms with Crippen molar-refractivity contribution in [2.75, 3.05) is 20.4 Å². The lowest BCUT2D eigenvalue weighted by atomic mass is 9.84. The monoisotopic (exact) mass is 335 g/mol. The molecule has 0 aliphatic heterocycles. The van der Waals surface area contributed by atoms with Gasteiger partial charge >= 0.3 is 0 Å². The van der Waals surface area contributed by atoms with Crippen molar-refractivity contribution in [3.8, 4) is 11.4 Å². The van der Waals surface area contributed by atoms with E-state index in [4.69, 9.17) is 4.52 Å². The van der Waals surface area contributed by atoms with E-state index in [0.29, 0.717) is 18.7 Å². The van der Waals surface area contributed by atoms with Crippen LogP contribution in [-0.4, -0.2) is 43.8 Å². The van der Waals surface area contributed by atoms with Crippen LogP contribution >= 0.6 is 0 Å². The Morgan fingerprint density at radius 3 is 2.35 bits per heavy atom. The van der Waals surface area contributed by atoms with Crippen LogP contribution in [0.5, 0.6) is 0 Å². The molecule has 124 valence electrons. The fourth-order valence-electron chi connectivity index (χ4n) is 2.89. The van der Waals surface area contributed by atoms with Crippen molar-refractivity contribution < 1.29 is 12.9 Å². The van der Waals surface area contributed by atoms with E-state index in [0.717, 1.165) is 18.5 Å². The maximum Gasteiger partial charge on any atom is 0.248 e. The fourth-order valence-corrected chi connectivity index (χ4v) is 4.32. The SMILES string of the molecule is CN(C)Cc1ccc(-c2noc(C3(S(C)(=O)=O)CCC3)n2)cc1. The minimum absolute atomic E-state index is 0.221. The summed E-state index contributed by atoms with van der Waals surface area (Å²) in [5.41, 5.74) is 2.01. The highest BCUT2D eigenvalue weighted by Gasteiger charge is 2.52. The molecule has 0 spiro atoms. The van der Waals surface area contributed by atoms with Crippen molar-refractivity contribution in [3.63, 3.8) is 0 Å². The van der Waals surface area contributed by atoms with Crippen molar-refractivity contribution in [2.45, 2.75) is 30.6 Å². The summed E-state index contributed by atoms with van der Waals surface area (Å²) in [7, 11) is 0.761. The van der Waals surface area contributed by atoms with Gasteiger partial charge in [0.2, 0.25) is 11.7 Å². The van der Waals surface area contributed by atoms with Crippen LogP contribution < -0.4 is 0 Å². The summed E-state index contributed by atoms with van der Waals surface area (Å²) in [5, 5.41) is 3.98. The zero-order valence-corrected chi connectivity index (χ0v) is 14.4. The average molecular weight is 335 g/mol. The van der Waals surface area contributed by atoms with Crippen molar-refractivity contribution in [1.82, 2.24) is 15.0 Å². The predicted molar refractivity (Wildman–Crippen MR) is 87.5 cm³/mol. The largest absolute Gasteiger partial charge is 0.337 e. The molecule has 1 aromatic heterocycles. The first-order valence-corrected chi connectivity index (χ1v) is 9.49. The third-order valence-electron chi connectivity index (χ3n) is 4.40. The third-order valence-corrected chi connectivity index (χ3v) is 6.40. The Kier molecular flexibility index (Phi) is 4.01. The minimum Gasteiger partial charge on any atom is -0.337 e. The van der Waals surface area contributed by atoms with Gasteiger partial charge in [-0.15, -0.1) is 0 Å². The molecule has 0 amide bonds. The van der Waals surface area contributed by atoms with Gasteiger partial charge in [0.05, 0.1) is 0 Å². The molecule has 1 aliphatic rings. The average Bonchev–Trinajstić information content (AvgIpc) is 2.85. The molecule has 6 nitrogen and oxygen atoms in total. The van der Waals surface area contributed by atoms with Crippen LogP contribution in [0.4, 0.5) is 0 Å². The number of sulfone groups is 1. The Morgan fingerprint density at radius 2 is 1.87 bits per heavy atom. The van der Waals surface area contributed by atoms with E-state index < -0.39 is 14.6 Å². The molecule has 1 heterocycles. The van der Waals surface area contributed by atoms with Crippen LogP contribution in [0, 0.1) is 0 Å². The van der Waals surface area contributed by atoms with Gasteiger partial charge in [-0.25, -0.2) is 8.42 Å². The van der Waals surface area contributed by atoms with Crippen molar-refractivity contribution >= 4 is 9.84 Å². The van der Waals surface area contributed by atoms with Crippen LogP contribution in [0.2, 0.25) is 0 Å². The summed E-state index contributed by atoms with van der Waals surface area (Å²) < 4.78 is 28.5. The molecule has 1 fully saturated rings. The van der Waals surface area contributed by atoms with Gasteiger partial charge in [0.25, 0.3) is 0 Å². The van der Waals surface area contributed by atoms with E-state index in [1.54, 1.807) is 0 Å². The summed E-state index contributed by atoms with van der Waals surface area (Å²) in [5.74, 6) is 0.657. The van der Waals surface area contributed by atoms with Gasteiger partial charge in [-0.05, 0) is 38.9 Å². The zero-order chi connectivity index (χ0) is 16.7. The molecule has 0 bridgehead atoms. The Balaban J connectivity index is 1.88. The summed E-state index contributed by atoms with van der Waals surface area (Å²) >= 11 is 0. The number of aromatic nitrogens is 2. The molecule has 1 aliphatic carbocycles. The van der Waals surface area contributed by atoms with Crippen LogP contribution in [-0.2, 0) is 21.1 Å². The molecule has 1 aromatic carbocycles. The molecular formula is C16H21N3O3S. The first kappa shape index (κ1) is 16.1. The minimum atomic E-state index is -3.27. The molecule has 0 saturated heterocycles. The Labute approximate surface area is 136 Å². The molecule has 0 atom stereocenters. The fraction of sp³-hybridized carbons (Fsp3) is 0.500. The van der Waals surface area contributed by atoms with Crippen molar-refractivity contribution in [3.05, 3.63) is 35.7 Å². The van der Waals surface area contributed by atoms with Crippen molar-refractivity contribution in [2.24, 2.45) is 0 Å². The standard InChI is InChI=1S/C16H21N3O3S/c1-19(2)11-12-5-7-13(8-6-12)14-17-15(22-18-14)16(9-4-10-16)23(3,20)21/h5-8H,4,9-11H2,1-3H3. The number of benzene rings is 1. The van der Waals surface area contributed by atoms with Gasteiger partial charge in [-0.3, -0.25) is 0 Å². The summed E-state index contributed by atoms with van der Waals surface area (Å²) in [4.78, 5) is 6.46. The lowest BCUT2D eigenvalue weighted by Crippen LogP contribution is -2.42. The molecule has 0 radical (unpaired) electrons. The lowest BCUT2D eigenvalue weighted by molar-refractivity contribution is 0.251. The lowest BCUT2D eigenvalue weighted by Gasteiger charge is -2.36. The molecule has 2 aromatic rings. The van der Waals surface area contributed by atoms with Crippen LogP contribution in [0.1, 0.15) is 30.7 Å². The highest BCUT2D eigenvalue weighted by atomic mass is 32.2. The zero-order valence-electron chi connectivity index (χ0n) is 13.6. The van der Waals surface area contributed by atoms with Gasteiger partial charge in [-0.2, -0.15) is 4.98 Å². The molecule has 0 unspecified atom stereocenters. The van der Waals surface area contributed by atoms with E-state index in [1.807, 2.05) is 38.4 Å². The molecule has 23 heavy (non-hydrogen) atoms. The first-order chi connectivity index (χ1) is 10.8. The second-order valence-electron chi connectivity index (χ2n) is 6.48. The Morgan fingerprint density at radius 1 is 1.22 bits per heavy atom. The smallest absolute Gasteiger partial charge is 0.248 e. The van der Waals surface area contributed by atoms with E-state index in [2.05, 4.69) is 15.0 Å². The third kappa shape index (κ3) is 2.90. The molecular weight excluding hydrogens is 314 g/mol. The highest BCUT2D eigenvalue weighted by Crippen LogP contribution is 2.47. The summed E-state index contributed by atoms with van der Waals surface area (Å²) in [6.45, 7) is 0.856. The van der Waals surface area contributed by atoms with E-state index >= 15 is 0 Å². The Bertz CT molecular complexity index is 790. The van der Waals surface area contributed by atoms with Crippen LogP contribution in [0.3, 0.4) is 0 Å². The highest BCUT2D eigenvalue weighted by molar-refractivity contribution is 7.91. The summed E-state index contributed by atoms with van der Waals surface area (Å²) in [6, 6.07) is 7.89. The summed E-state index contributed by atoms with van der Waals surface area (Å²) in [6.07, 6.45) is 3.21. The number of hydrogen-bond acceptors (Lipinski definition) is 6. The van der Waals surface area contributed by atoms with Gasteiger partial charge in [-0.1, -0.05) is 29.4 Å². The molecule has 1 saturated carbocycles. The Hall–Kier alpha value is -1.73. The molecule has 7 heteroatoms. The molecule has 0 N–H and O–H groups in total. The predicted octanol–water partition coefficient (Wildman–Crippen LogP) is 2.22. The van der Waals surface area contributed by atoms with Crippen LogP contribution in [0.15, 0.2) is 28.8 Å².